The normalized spacial score (nSPS) is 10.3. The van der Waals surface area contributed by atoms with Crippen LogP contribution in [0.5, 0.6) is 0 Å². The number of halogens is 2. The molecule has 0 aliphatic heterocycles. The summed E-state index contributed by atoms with van der Waals surface area (Å²) in [6, 6.07) is 11.1. The molecule has 21 heavy (non-hydrogen) atoms. The molecule has 2 aromatic rings. The van der Waals surface area contributed by atoms with Crippen molar-refractivity contribution in [2.24, 2.45) is 0 Å². The van der Waals surface area contributed by atoms with Crippen LogP contribution in [0.2, 0.25) is 10.0 Å². The minimum absolute atomic E-state index is 0.0947. The summed E-state index contributed by atoms with van der Waals surface area (Å²) in [6.07, 6.45) is 0. The molecule has 0 atom stereocenters. The lowest BCUT2D eigenvalue weighted by molar-refractivity contribution is -0.114. The maximum Gasteiger partial charge on any atom is 0.221 e. The molecule has 1 amide bonds. The lowest BCUT2D eigenvalue weighted by atomic mass is 10.1. The lowest BCUT2D eigenvalue weighted by Gasteiger charge is -2.13. The summed E-state index contributed by atoms with van der Waals surface area (Å²) >= 11 is 12.1. The molecule has 0 saturated carbocycles. The molecule has 0 aliphatic rings. The summed E-state index contributed by atoms with van der Waals surface area (Å²) in [6.45, 7) is 4.04. The van der Waals surface area contributed by atoms with Crippen molar-refractivity contribution in [2.75, 3.05) is 10.6 Å². The zero-order valence-electron chi connectivity index (χ0n) is 11.8. The van der Waals surface area contributed by atoms with E-state index in [9.17, 15) is 4.79 Å². The van der Waals surface area contributed by atoms with Crippen LogP contribution in [-0.4, -0.2) is 5.91 Å². The minimum atomic E-state index is -0.0947. The van der Waals surface area contributed by atoms with Gasteiger partial charge in [-0.3, -0.25) is 4.79 Å². The largest absolute Gasteiger partial charge is 0.381 e. The van der Waals surface area contributed by atoms with Crippen molar-refractivity contribution in [3.63, 3.8) is 0 Å². The average Bonchev–Trinajstić information content (AvgIpc) is 2.42. The van der Waals surface area contributed by atoms with Crippen molar-refractivity contribution < 1.29 is 4.79 Å². The van der Waals surface area contributed by atoms with Gasteiger partial charge in [-0.1, -0.05) is 29.3 Å². The molecule has 2 aromatic carbocycles. The van der Waals surface area contributed by atoms with E-state index in [2.05, 4.69) is 10.6 Å². The molecule has 0 bridgehead atoms. The summed E-state index contributed by atoms with van der Waals surface area (Å²) in [5.74, 6) is -0.0947. The Morgan fingerprint density at radius 3 is 2.62 bits per heavy atom. The van der Waals surface area contributed by atoms with Gasteiger partial charge in [0.25, 0.3) is 0 Å². The number of benzene rings is 2. The highest BCUT2D eigenvalue weighted by Gasteiger charge is 2.05. The zero-order chi connectivity index (χ0) is 15.4. The van der Waals surface area contributed by atoms with Crippen LogP contribution in [0, 0.1) is 6.92 Å². The number of carbonyl (C=O) groups is 1. The summed E-state index contributed by atoms with van der Waals surface area (Å²) in [5, 5.41) is 7.40. The Hall–Kier alpha value is -1.71. The Morgan fingerprint density at radius 2 is 1.90 bits per heavy atom. The molecule has 0 aliphatic carbocycles. The second-order valence-electron chi connectivity index (χ2n) is 4.80. The number of aryl methyl sites for hydroxylation is 1. The topological polar surface area (TPSA) is 41.1 Å². The fourth-order valence-electron chi connectivity index (χ4n) is 1.96. The molecule has 0 saturated heterocycles. The first-order chi connectivity index (χ1) is 9.95. The molecule has 3 nitrogen and oxygen atoms in total. The highest BCUT2D eigenvalue weighted by Crippen LogP contribution is 2.24. The van der Waals surface area contributed by atoms with Gasteiger partial charge in [-0.15, -0.1) is 0 Å². The first-order valence-electron chi connectivity index (χ1n) is 6.52. The third kappa shape index (κ3) is 4.38. The third-order valence-corrected chi connectivity index (χ3v) is 3.64. The molecule has 0 radical (unpaired) electrons. The van der Waals surface area contributed by atoms with Gasteiger partial charge in [-0.2, -0.15) is 0 Å². The third-order valence-electron chi connectivity index (χ3n) is 3.03. The van der Waals surface area contributed by atoms with Crippen molar-refractivity contribution in [1.29, 1.82) is 0 Å². The van der Waals surface area contributed by atoms with E-state index in [4.69, 9.17) is 23.2 Å². The van der Waals surface area contributed by atoms with E-state index in [1.807, 2.05) is 31.2 Å². The van der Waals surface area contributed by atoms with E-state index in [-0.39, 0.29) is 5.91 Å². The first-order valence-corrected chi connectivity index (χ1v) is 7.27. The Balaban J connectivity index is 2.15. The number of anilines is 2. The van der Waals surface area contributed by atoms with Crippen molar-refractivity contribution in [3.05, 3.63) is 57.6 Å². The van der Waals surface area contributed by atoms with E-state index < -0.39 is 0 Å². The van der Waals surface area contributed by atoms with E-state index in [0.29, 0.717) is 16.6 Å². The quantitative estimate of drug-likeness (QED) is 0.842. The monoisotopic (exact) mass is 322 g/mol. The van der Waals surface area contributed by atoms with E-state index >= 15 is 0 Å². The van der Waals surface area contributed by atoms with Crippen LogP contribution in [0.1, 0.15) is 18.1 Å². The molecule has 0 unspecified atom stereocenters. The number of hydrogen-bond acceptors (Lipinski definition) is 2. The summed E-state index contributed by atoms with van der Waals surface area (Å²) in [5.41, 5.74) is 3.71. The smallest absolute Gasteiger partial charge is 0.221 e. The maximum atomic E-state index is 11.1. The van der Waals surface area contributed by atoms with Gasteiger partial charge < -0.3 is 10.6 Å². The highest BCUT2D eigenvalue weighted by atomic mass is 35.5. The standard InChI is InChI=1S/C16H16Cl2N2O/c1-10-3-5-14(20-11(2)21)8-16(10)19-9-12-7-13(17)4-6-15(12)18/h3-8,19H,9H2,1-2H3,(H,20,21). The van der Waals surface area contributed by atoms with Gasteiger partial charge >= 0.3 is 0 Å². The molecule has 2 N–H and O–H groups in total. The Bertz CT molecular complexity index is 671. The van der Waals surface area contributed by atoms with Crippen LogP contribution in [-0.2, 0) is 11.3 Å². The van der Waals surface area contributed by atoms with Crippen LogP contribution in [0.3, 0.4) is 0 Å². The number of rotatable bonds is 4. The number of amides is 1. The minimum Gasteiger partial charge on any atom is -0.381 e. The molecule has 0 heterocycles. The fourth-order valence-corrected chi connectivity index (χ4v) is 2.34. The Kier molecular flexibility index (Phi) is 5.10. The van der Waals surface area contributed by atoms with Gasteiger partial charge in [-0.05, 0) is 48.4 Å². The van der Waals surface area contributed by atoms with Gasteiger partial charge in [0.1, 0.15) is 0 Å². The van der Waals surface area contributed by atoms with Crippen LogP contribution < -0.4 is 10.6 Å². The lowest BCUT2D eigenvalue weighted by Crippen LogP contribution is -2.07. The van der Waals surface area contributed by atoms with Crippen molar-refractivity contribution in [3.8, 4) is 0 Å². The second-order valence-corrected chi connectivity index (χ2v) is 5.64. The molecule has 0 aromatic heterocycles. The molecular formula is C16H16Cl2N2O. The van der Waals surface area contributed by atoms with Crippen molar-refractivity contribution in [2.45, 2.75) is 20.4 Å². The fraction of sp³-hybridized carbons (Fsp3) is 0.188. The molecule has 0 fully saturated rings. The molecule has 2 rings (SSSR count). The van der Waals surface area contributed by atoms with Gasteiger partial charge in [0.05, 0.1) is 0 Å². The predicted molar refractivity (Wildman–Crippen MR) is 89.3 cm³/mol. The Labute approximate surface area is 134 Å². The van der Waals surface area contributed by atoms with Crippen molar-refractivity contribution in [1.82, 2.24) is 0 Å². The average molecular weight is 323 g/mol. The Morgan fingerprint density at radius 1 is 1.14 bits per heavy atom. The number of nitrogens with one attached hydrogen (secondary N) is 2. The molecule has 5 heteroatoms. The van der Waals surface area contributed by atoms with Gasteiger partial charge in [-0.25, -0.2) is 0 Å². The van der Waals surface area contributed by atoms with E-state index in [1.165, 1.54) is 6.92 Å². The van der Waals surface area contributed by atoms with Crippen LogP contribution >= 0.6 is 23.2 Å². The van der Waals surface area contributed by atoms with E-state index in [1.54, 1.807) is 12.1 Å². The van der Waals surface area contributed by atoms with E-state index in [0.717, 1.165) is 22.5 Å². The zero-order valence-corrected chi connectivity index (χ0v) is 13.3. The number of hydrogen-bond donors (Lipinski definition) is 2. The maximum absolute atomic E-state index is 11.1. The van der Waals surface area contributed by atoms with Crippen LogP contribution in [0.4, 0.5) is 11.4 Å². The van der Waals surface area contributed by atoms with Crippen LogP contribution in [0.15, 0.2) is 36.4 Å². The van der Waals surface area contributed by atoms with Gasteiger partial charge in [0, 0.05) is 34.9 Å². The first kappa shape index (κ1) is 15.7. The summed E-state index contributed by atoms with van der Waals surface area (Å²) in [4.78, 5) is 11.1. The van der Waals surface area contributed by atoms with Crippen LogP contribution in [0.25, 0.3) is 0 Å². The van der Waals surface area contributed by atoms with Crippen molar-refractivity contribution >= 4 is 40.5 Å². The summed E-state index contributed by atoms with van der Waals surface area (Å²) in [7, 11) is 0. The predicted octanol–water partition coefficient (Wildman–Crippen LogP) is 4.87. The molecule has 110 valence electrons. The number of carbonyl (C=O) groups excluding carboxylic acids is 1. The molecule has 0 spiro atoms. The highest BCUT2D eigenvalue weighted by molar-refractivity contribution is 6.33. The van der Waals surface area contributed by atoms with Gasteiger partial charge in [0.15, 0.2) is 0 Å². The van der Waals surface area contributed by atoms with Gasteiger partial charge in [0.2, 0.25) is 5.91 Å². The molecular weight excluding hydrogens is 307 g/mol. The second kappa shape index (κ2) is 6.83. The SMILES string of the molecule is CC(=O)Nc1ccc(C)c(NCc2cc(Cl)ccc2Cl)c1. The summed E-state index contributed by atoms with van der Waals surface area (Å²) < 4.78 is 0.